The second kappa shape index (κ2) is 65.3. The maximum Gasteiger partial charge on any atom is 0.220 e. The fourth-order valence-corrected chi connectivity index (χ4v) is 8.71. The van der Waals surface area contributed by atoms with Crippen molar-refractivity contribution in [1.82, 2.24) is 5.32 Å². The molecule has 0 spiro atoms. The number of rotatable bonds is 56. The molecule has 0 radical (unpaired) electrons. The van der Waals surface area contributed by atoms with Crippen molar-refractivity contribution >= 4 is 5.91 Å². The topological polar surface area (TPSA) is 69.6 Å². The van der Waals surface area contributed by atoms with Crippen molar-refractivity contribution in [1.29, 1.82) is 0 Å². The number of hydrogen-bond acceptors (Lipinski definition) is 3. The van der Waals surface area contributed by atoms with E-state index in [1.54, 1.807) is 6.08 Å². The van der Waals surface area contributed by atoms with Crippen LogP contribution in [0.5, 0.6) is 0 Å². The predicted molar refractivity (Wildman–Crippen MR) is 340 cm³/mol. The molecule has 0 bridgehead atoms. The van der Waals surface area contributed by atoms with E-state index in [1.807, 2.05) is 6.08 Å². The van der Waals surface area contributed by atoms with Crippen molar-refractivity contribution in [3.8, 4) is 0 Å². The third-order valence-corrected chi connectivity index (χ3v) is 13.5. The summed E-state index contributed by atoms with van der Waals surface area (Å²) in [6, 6.07) is -0.660. The van der Waals surface area contributed by atoms with E-state index in [-0.39, 0.29) is 12.5 Å². The molecule has 3 N–H and O–H groups in total. The summed E-state index contributed by atoms with van der Waals surface area (Å²) >= 11 is 0. The molecule has 0 aliphatic carbocycles. The molecule has 0 aromatic rings. The van der Waals surface area contributed by atoms with Crippen LogP contribution in [0.2, 0.25) is 0 Å². The summed E-state index contributed by atoms with van der Waals surface area (Å²) in [6.45, 7) is 4.18. The van der Waals surface area contributed by atoms with Crippen LogP contribution in [0.4, 0.5) is 0 Å². The summed E-state index contributed by atoms with van der Waals surface area (Å²) < 4.78 is 0. The molecule has 0 saturated heterocycles. The third-order valence-electron chi connectivity index (χ3n) is 13.5. The van der Waals surface area contributed by atoms with Gasteiger partial charge in [0.1, 0.15) is 0 Å². The highest BCUT2D eigenvalue weighted by molar-refractivity contribution is 5.76. The minimum Gasteiger partial charge on any atom is -0.394 e. The molecule has 2 unspecified atom stereocenters. The van der Waals surface area contributed by atoms with Crippen molar-refractivity contribution in [2.24, 2.45) is 0 Å². The zero-order valence-electron chi connectivity index (χ0n) is 49.5. The van der Waals surface area contributed by atoms with E-state index < -0.39 is 12.1 Å². The number of carbonyl (C=O) groups is 1. The predicted octanol–water partition coefficient (Wildman–Crippen LogP) is 21.7. The molecule has 76 heavy (non-hydrogen) atoms. The minimum absolute atomic E-state index is 0.0876. The Labute approximate surface area is 471 Å². The molecular weight excluding hydrogens is 927 g/mol. The molecule has 2 atom stereocenters. The highest BCUT2D eigenvalue weighted by atomic mass is 16.3. The smallest absolute Gasteiger partial charge is 0.220 e. The molecule has 4 heteroatoms. The summed E-state index contributed by atoms with van der Waals surface area (Å²) in [4.78, 5) is 12.5. The second-order valence-electron chi connectivity index (χ2n) is 20.7. The molecule has 0 heterocycles. The summed E-state index contributed by atoms with van der Waals surface area (Å²) in [6.07, 6.45) is 104. The summed E-state index contributed by atoms with van der Waals surface area (Å²) in [7, 11) is 0. The lowest BCUT2D eigenvalue weighted by Crippen LogP contribution is -2.45. The van der Waals surface area contributed by atoms with Crippen molar-refractivity contribution in [2.45, 2.75) is 283 Å². The van der Waals surface area contributed by atoms with Crippen LogP contribution in [-0.4, -0.2) is 34.9 Å². The van der Waals surface area contributed by atoms with Gasteiger partial charge in [0.05, 0.1) is 18.8 Å². The molecule has 0 saturated carbocycles. The Bertz CT molecular complexity index is 1610. The van der Waals surface area contributed by atoms with Gasteiger partial charge in [0.25, 0.3) is 0 Å². The van der Waals surface area contributed by atoms with E-state index in [9.17, 15) is 15.0 Å². The van der Waals surface area contributed by atoms with E-state index in [1.165, 1.54) is 141 Å². The highest BCUT2D eigenvalue weighted by Crippen LogP contribution is 2.15. The normalized spacial score (nSPS) is 13.9. The van der Waals surface area contributed by atoms with E-state index in [0.717, 1.165) is 109 Å². The Morgan fingerprint density at radius 3 is 0.921 bits per heavy atom. The van der Waals surface area contributed by atoms with Gasteiger partial charge >= 0.3 is 0 Å². The summed E-state index contributed by atoms with van der Waals surface area (Å²) in [5.74, 6) is -0.0876. The van der Waals surface area contributed by atoms with Gasteiger partial charge in [0, 0.05) is 6.42 Å². The maximum absolute atomic E-state index is 12.5. The largest absolute Gasteiger partial charge is 0.394 e. The number of carbonyl (C=O) groups excluding carboxylic acids is 1. The molecule has 0 aromatic heterocycles. The van der Waals surface area contributed by atoms with Crippen LogP contribution in [0, 0.1) is 0 Å². The Balaban J connectivity index is 3.64. The molecular formula is C72H119NO3. The fraction of sp³-hybridized carbons (Fsp3) is 0.625. The molecule has 430 valence electrons. The lowest BCUT2D eigenvalue weighted by Gasteiger charge is -2.19. The van der Waals surface area contributed by atoms with Crippen LogP contribution >= 0.6 is 0 Å². The van der Waals surface area contributed by atoms with Gasteiger partial charge in [-0.1, -0.05) is 300 Å². The number of aliphatic hydroxyl groups is 2. The number of aliphatic hydroxyl groups excluding tert-OH is 2. The van der Waals surface area contributed by atoms with E-state index in [2.05, 4.69) is 165 Å². The van der Waals surface area contributed by atoms with Gasteiger partial charge in [-0.05, 0) is 122 Å². The minimum atomic E-state index is -0.884. The van der Waals surface area contributed by atoms with Crippen molar-refractivity contribution < 1.29 is 15.0 Å². The van der Waals surface area contributed by atoms with Crippen LogP contribution in [0.15, 0.2) is 158 Å². The average Bonchev–Trinajstić information content (AvgIpc) is 3.42. The van der Waals surface area contributed by atoms with Gasteiger partial charge in [0.2, 0.25) is 5.91 Å². The Morgan fingerprint density at radius 1 is 0.329 bits per heavy atom. The number of hydrogen-bond donors (Lipinski definition) is 3. The fourth-order valence-electron chi connectivity index (χ4n) is 8.71. The maximum atomic E-state index is 12.5. The van der Waals surface area contributed by atoms with Crippen LogP contribution in [0.25, 0.3) is 0 Å². The lowest BCUT2D eigenvalue weighted by atomic mass is 10.0. The summed E-state index contributed by atoms with van der Waals surface area (Å²) in [5, 5.41) is 23.2. The van der Waals surface area contributed by atoms with Gasteiger partial charge in [-0.15, -0.1) is 0 Å². The van der Waals surface area contributed by atoms with Gasteiger partial charge in [-0.25, -0.2) is 0 Å². The number of amides is 1. The molecule has 4 nitrogen and oxygen atoms in total. The molecule has 0 aliphatic heterocycles. The van der Waals surface area contributed by atoms with Gasteiger partial charge in [-0.3, -0.25) is 4.79 Å². The third kappa shape index (κ3) is 60.9. The van der Waals surface area contributed by atoms with E-state index in [4.69, 9.17) is 0 Å². The second-order valence-corrected chi connectivity index (χ2v) is 20.7. The summed E-state index contributed by atoms with van der Waals surface area (Å²) in [5.41, 5.74) is 0. The number of nitrogens with one attached hydrogen (secondary N) is 1. The first-order valence-corrected chi connectivity index (χ1v) is 31.7. The van der Waals surface area contributed by atoms with Crippen LogP contribution in [0.1, 0.15) is 271 Å². The van der Waals surface area contributed by atoms with E-state index >= 15 is 0 Å². The number of allylic oxidation sites excluding steroid dienone is 25. The highest BCUT2D eigenvalue weighted by Gasteiger charge is 2.18. The van der Waals surface area contributed by atoms with Gasteiger partial charge in [0.15, 0.2) is 0 Å². The van der Waals surface area contributed by atoms with E-state index in [0.29, 0.717) is 6.42 Å². The molecule has 1 amide bonds. The first kappa shape index (κ1) is 72.0. The number of unbranched alkanes of at least 4 members (excludes halogenated alkanes) is 25. The molecule has 0 rings (SSSR count). The van der Waals surface area contributed by atoms with Crippen LogP contribution in [-0.2, 0) is 4.79 Å². The Morgan fingerprint density at radius 2 is 0.592 bits per heavy atom. The SMILES string of the molecule is CC/C=C\C/C=C\C/C=C\C/C=C\C/C=C\C/C=C\C/C=C\C/C=C\C/C=C\C/C=C\CCCCCCCCCCCCC(=O)NC(CO)C(O)/C=C/CC/C=C/CC/C=C/CCCCCCCCCCCCCCC. The zero-order valence-corrected chi connectivity index (χ0v) is 49.5. The molecule has 0 aromatic carbocycles. The Kier molecular flexibility index (Phi) is 61.9. The van der Waals surface area contributed by atoms with Gasteiger partial charge in [-0.2, -0.15) is 0 Å². The van der Waals surface area contributed by atoms with Crippen LogP contribution < -0.4 is 5.32 Å². The van der Waals surface area contributed by atoms with Crippen molar-refractivity contribution in [3.05, 3.63) is 158 Å². The first-order valence-electron chi connectivity index (χ1n) is 31.7. The van der Waals surface area contributed by atoms with Gasteiger partial charge < -0.3 is 15.5 Å². The lowest BCUT2D eigenvalue weighted by molar-refractivity contribution is -0.123. The first-order chi connectivity index (χ1) is 37.7. The molecule has 0 fully saturated rings. The quantitative estimate of drug-likeness (QED) is 0.0420. The zero-order chi connectivity index (χ0) is 54.8. The van der Waals surface area contributed by atoms with Crippen LogP contribution in [0.3, 0.4) is 0 Å². The standard InChI is InChI=1S/C72H119NO3/c1-3-5-7-9-11-13-15-17-19-21-23-25-27-28-29-30-31-32-33-34-35-36-37-38-39-40-41-42-43-44-46-48-50-52-54-56-58-60-62-64-66-68-72(76)73-70(69-74)71(75)67-65-63-61-59-57-55-53-51-49-47-45-26-24-22-20-18-16-14-12-10-8-6-4-2/h5,7,11,13,17,19,23,25,28-29,31-32,34-35,37-38,40-41,43-44,49,51,57,59,65,67,70-71,74-75H,3-4,6,8-10,12,14-16,18,20-22,24,26-27,30,33,36,39,42,45-48,50,52-56,58,60-64,66,68-69H2,1-2H3,(H,73,76)/b7-5-,13-11-,19-17-,25-23-,29-28-,32-31-,35-34-,38-37-,41-40-,44-43-,51-49+,59-57+,67-65+. The van der Waals surface area contributed by atoms with Crippen molar-refractivity contribution in [3.63, 3.8) is 0 Å². The Hall–Kier alpha value is -3.99. The monoisotopic (exact) mass is 1050 g/mol. The molecule has 0 aliphatic rings. The van der Waals surface area contributed by atoms with Crippen molar-refractivity contribution in [2.75, 3.05) is 6.61 Å². The average molecular weight is 1050 g/mol.